The summed E-state index contributed by atoms with van der Waals surface area (Å²) in [6.45, 7) is 4.87. The van der Waals surface area contributed by atoms with Crippen LogP contribution in [0.15, 0.2) is 48.6 Å². The van der Waals surface area contributed by atoms with E-state index in [1.807, 2.05) is 6.08 Å². The number of hydrogen-bond acceptors (Lipinski definition) is 5. The molecule has 0 aromatic rings. The first kappa shape index (κ1) is 68.8. The van der Waals surface area contributed by atoms with Crippen LogP contribution in [0.5, 0.6) is 0 Å². The zero-order valence-electron chi connectivity index (χ0n) is 47.5. The van der Waals surface area contributed by atoms with Crippen molar-refractivity contribution in [2.24, 2.45) is 0 Å². The highest BCUT2D eigenvalue weighted by atomic mass is 16.5. The summed E-state index contributed by atoms with van der Waals surface area (Å²) in [6, 6.07) is -0.626. The average Bonchev–Trinajstić information content (AvgIpc) is 3.37. The molecule has 0 aliphatic rings. The molecule has 0 spiro atoms. The van der Waals surface area contributed by atoms with Crippen LogP contribution < -0.4 is 5.32 Å². The van der Waals surface area contributed by atoms with Crippen molar-refractivity contribution in [3.8, 4) is 0 Å². The summed E-state index contributed by atoms with van der Waals surface area (Å²) in [4.78, 5) is 24.4. The molecule has 3 N–H and O–H groups in total. The van der Waals surface area contributed by atoms with Crippen LogP contribution in [0.3, 0.4) is 0 Å². The van der Waals surface area contributed by atoms with Crippen LogP contribution in [0.25, 0.3) is 0 Å². The first-order valence-corrected chi connectivity index (χ1v) is 31.4. The molecule has 0 radical (unpaired) electrons. The first-order valence-electron chi connectivity index (χ1n) is 31.4. The first-order chi connectivity index (χ1) is 35.0. The van der Waals surface area contributed by atoms with Crippen LogP contribution in [0, 0.1) is 0 Å². The number of hydrogen-bond donors (Lipinski definition) is 3. The molecular weight excluding hydrogens is 875 g/mol. The standard InChI is InChI=1S/C65H121NO5/c1-3-5-7-9-11-13-15-39-43-47-51-55-59-65(70)71-60-56-52-48-44-40-36-34-32-30-28-26-24-22-20-18-16-17-19-21-23-25-27-29-31-33-35-38-42-46-50-54-58-64(69)66-62(61-67)63(68)57-53-49-45-41-37-14-12-10-8-6-4-2/h11,13,18,20,24,26,53,57,62-63,67-68H,3-10,12,14-17,19,21-23,25,27-52,54-56,58-61H2,1-2H3,(H,66,69)/b13-11-,20-18-,26-24-,57-53+. The van der Waals surface area contributed by atoms with Crippen molar-refractivity contribution in [1.29, 1.82) is 0 Å². The molecule has 0 aromatic carbocycles. The van der Waals surface area contributed by atoms with Crippen molar-refractivity contribution < 1.29 is 24.5 Å². The molecule has 416 valence electrons. The minimum atomic E-state index is -0.843. The van der Waals surface area contributed by atoms with Crippen LogP contribution in [-0.2, 0) is 14.3 Å². The fourth-order valence-corrected chi connectivity index (χ4v) is 9.48. The van der Waals surface area contributed by atoms with Gasteiger partial charge in [-0.3, -0.25) is 9.59 Å². The van der Waals surface area contributed by atoms with Crippen molar-refractivity contribution >= 4 is 11.9 Å². The second-order valence-corrected chi connectivity index (χ2v) is 21.4. The van der Waals surface area contributed by atoms with Gasteiger partial charge in [0.05, 0.1) is 25.4 Å². The summed E-state index contributed by atoms with van der Waals surface area (Å²) in [5.74, 6) is -0.0661. The van der Waals surface area contributed by atoms with E-state index in [1.54, 1.807) is 6.08 Å². The van der Waals surface area contributed by atoms with Crippen LogP contribution in [0.4, 0.5) is 0 Å². The summed E-state index contributed by atoms with van der Waals surface area (Å²) < 4.78 is 5.46. The van der Waals surface area contributed by atoms with E-state index in [4.69, 9.17) is 4.74 Å². The smallest absolute Gasteiger partial charge is 0.305 e. The number of aliphatic hydroxyl groups is 2. The van der Waals surface area contributed by atoms with Gasteiger partial charge in [-0.1, -0.05) is 274 Å². The van der Waals surface area contributed by atoms with Crippen molar-refractivity contribution in [3.05, 3.63) is 48.6 Å². The number of ether oxygens (including phenoxy) is 1. The number of unbranched alkanes of at least 4 members (excludes halogenated alkanes) is 41. The zero-order valence-corrected chi connectivity index (χ0v) is 47.5. The maximum absolute atomic E-state index is 12.4. The predicted molar refractivity (Wildman–Crippen MR) is 310 cm³/mol. The van der Waals surface area contributed by atoms with Crippen molar-refractivity contribution in [2.75, 3.05) is 13.2 Å². The minimum Gasteiger partial charge on any atom is -0.466 e. The Morgan fingerprint density at radius 3 is 1.11 bits per heavy atom. The van der Waals surface area contributed by atoms with E-state index in [0.29, 0.717) is 19.4 Å². The van der Waals surface area contributed by atoms with Crippen LogP contribution in [-0.4, -0.2) is 47.4 Å². The molecule has 0 saturated heterocycles. The third-order valence-electron chi connectivity index (χ3n) is 14.3. The number of aliphatic hydroxyl groups excluding tert-OH is 2. The zero-order chi connectivity index (χ0) is 51.4. The van der Waals surface area contributed by atoms with Gasteiger partial charge in [-0.05, 0) is 89.9 Å². The Labute approximate surface area is 442 Å². The molecule has 0 aliphatic carbocycles. The summed E-state index contributed by atoms with van der Waals surface area (Å²) in [6.07, 6.45) is 77.4. The third-order valence-corrected chi connectivity index (χ3v) is 14.3. The summed E-state index contributed by atoms with van der Waals surface area (Å²) in [7, 11) is 0. The Kier molecular flexibility index (Phi) is 58.5. The van der Waals surface area contributed by atoms with E-state index in [1.165, 1.54) is 250 Å². The fraction of sp³-hybridized carbons (Fsp3) is 0.846. The van der Waals surface area contributed by atoms with Gasteiger partial charge >= 0.3 is 5.97 Å². The summed E-state index contributed by atoms with van der Waals surface area (Å²) in [5, 5.41) is 23.0. The molecule has 2 unspecified atom stereocenters. The van der Waals surface area contributed by atoms with E-state index in [-0.39, 0.29) is 18.5 Å². The Morgan fingerprint density at radius 2 is 0.704 bits per heavy atom. The average molecular weight is 997 g/mol. The SMILES string of the molecule is CCCCC/C=C\CCCCCCCC(=O)OCCCCCCCCCCC/C=C\C/C=C\CCCCCCCCCCCCCCCCCC(=O)NC(CO)C(O)/C=C/CCCCCCCCCCC. The van der Waals surface area contributed by atoms with E-state index in [2.05, 4.69) is 55.6 Å². The molecule has 2 atom stereocenters. The topological polar surface area (TPSA) is 95.9 Å². The quantitative estimate of drug-likeness (QED) is 0.0321. The normalized spacial score (nSPS) is 12.9. The van der Waals surface area contributed by atoms with E-state index >= 15 is 0 Å². The third kappa shape index (κ3) is 57.0. The van der Waals surface area contributed by atoms with Crippen LogP contribution >= 0.6 is 0 Å². The highest BCUT2D eigenvalue weighted by Crippen LogP contribution is 2.17. The highest BCUT2D eigenvalue weighted by Gasteiger charge is 2.18. The van der Waals surface area contributed by atoms with E-state index in [9.17, 15) is 19.8 Å². The minimum absolute atomic E-state index is 0.00231. The lowest BCUT2D eigenvalue weighted by Crippen LogP contribution is -2.45. The Morgan fingerprint density at radius 1 is 0.394 bits per heavy atom. The van der Waals surface area contributed by atoms with Gasteiger partial charge in [0.1, 0.15) is 0 Å². The summed E-state index contributed by atoms with van der Waals surface area (Å²) >= 11 is 0. The number of esters is 1. The molecule has 0 rings (SSSR count). The molecule has 6 heteroatoms. The van der Waals surface area contributed by atoms with Gasteiger partial charge in [0, 0.05) is 12.8 Å². The summed E-state index contributed by atoms with van der Waals surface area (Å²) in [5.41, 5.74) is 0. The molecule has 0 aliphatic heterocycles. The van der Waals surface area contributed by atoms with Gasteiger partial charge in [-0.25, -0.2) is 0 Å². The fourth-order valence-electron chi connectivity index (χ4n) is 9.48. The van der Waals surface area contributed by atoms with Crippen LogP contribution in [0.1, 0.15) is 328 Å². The van der Waals surface area contributed by atoms with Gasteiger partial charge in [0.2, 0.25) is 5.91 Å². The molecule has 0 fully saturated rings. The van der Waals surface area contributed by atoms with Gasteiger partial charge in [-0.2, -0.15) is 0 Å². The number of rotatable bonds is 58. The second-order valence-electron chi connectivity index (χ2n) is 21.4. The molecule has 6 nitrogen and oxygen atoms in total. The Bertz CT molecular complexity index is 1190. The van der Waals surface area contributed by atoms with E-state index in [0.717, 1.165) is 51.4 Å². The molecule has 71 heavy (non-hydrogen) atoms. The van der Waals surface area contributed by atoms with Gasteiger partial charge in [-0.15, -0.1) is 0 Å². The maximum atomic E-state index is 12.4. The Hall–Kier alpha value is -2.18. The number of nitrogens with one attached hydrogen (secondary N) is 1. The molecule has 0 saturated carbocycles. The predicted octanol–water partition coefficient (Wildman–Crippen LogP) is 19.7. The lowest BCUT2D eigenvalue weighted by molar-refractivity contribution is -0.143. The number of allylic oxidation sites excluding steroid dienone is 7. The molecule has 0 heterocycles. The Balaban J connectivity index is 3.40. The van der Waals surface area contributed by atoms with Crippen LogP contribution in [0.2, 0.25) is 0 Å². The number of carbonyl (C=O) groups excluding carboxylic acids is 2. The molecule has 0 bridgehead atoms. The van der Waals surface area contributed by atoms with Gasteiger partial charge in [0.15, 0.2) is 0 Å². The lowest BCUT2D eigenvalue weighted by Gasteiger charge is -2.20. The lowest BCUT2D eigenvalue weighted by atomic mass is 10.0. The molecule has 0 aromatic heterocycles. The van der Waals surface area contributed by atoms with Gasteiger partial charge in [0.25, 0.3) is 0 Å². The number of carbonyl (C=O) groups is 2. The largest absolute Gasteiger partial charge is 0.466 e. The van der Waals surface area contributed by atoms with Crippen molar-refractivity contribution in [1.82, 2.24) is 5.32 Å². The molecule has 1 amide bonds. The van der Waals surface area contributed by atoms with Crippen molar-refractivity contribution in [3.63, 3.8) is 0 Å². The van der Waals surface area contributed by atoms with Crippen molar-refractivity contribution in [2.45, 2.75) is 341 Å². The van der Waals surface area contributed by atoms with E-state index < -0.39 is 12.1 Å². The number of amides is 1. The maximum Gasteiger partial charge on any atom is 0.305 e. The molecular formula is C65H121NO5. The monoisotopic (exact) mass is 996 g/mol. The van der Waals surface area contributed by atoms with Gasteiger partial charge < -0.3 is 20.3 Å². The second kappa shape index (κ2) is 60.4. The highest BCUT2D eigenvalue weighted by molar-refractivity contribution is 5.76.